The smallest absolute Gasteiger partial charge is 0.149 e. The number of anilines is 2. The van der Waals surface area contributed by atoms with Gasteiger partial charge in [0.15, 0.2) is 0 Å². The Bertz CT molecular complexity index is 411. The number of allylic oxidation sites excluding steroid dienone is 1. The molecule has 0 saturated carbocycles. The molecule has 0 atom stereocenters. The van der Waals surface area contributed by atoms with E-state index in [2.05, 4.69) is 10.3 Å². The number of rotatable bonds is 3. The molecule has 78 valence electrons. The molecule has 3 N–H and O–H groups in total. The van der Waals surface area contributed by atoms with Gasteiger partial charge < -0.3 is 11.1 Å². The van der Waals surface area contributed by atoms with Crippen LogP contribution in [0.25, 0.3) is 0 Å². The lowest BCUT2D eigenvalue weighted by Gasteiger charge is -2.05. The van der Waals surface area contributed by atoms with Crippen molar-refractivity contribution < 1.29 is 0 Å². The standard InChI is InChI=1S/C11H14N4/c1-8(2)3-4-14-11-10(13)5-9(6-12)7-15-11/h3,5,7H,4,13H2,1-2H3,(H,14,15). The zero-order chi connectivity index (χ0) is 11.3. The Kier molecular flexibility index (Phi) is 3.69. The third-order valence-electron chi connectivity index (χ3n) is 1.83. The Hall–Kier alpha value is -2.02. The number of nitrogen functional groups attached to an aromatic ring is 1. The molecule has 0 aliphatic carbocycles. The second-order valence-corrected chi connectivity index (χ2v) is 3.44. The summed E-state index contributed by atoms with van der Waals surface area (Å²) in [6.07, 6.45) is 3.54. The largest absolute Gasteiger partial charge is 0.396 e. The number of aromatic nitrogens is 1. The highest BCUT2D eigenvalue weighted by atomic mass is 15.0. The second kappa shape index (κ2) is 5.01. The zero-order valence-electron chi connectivity index (χ0n) is 8.91. The first kappa shape index (κ1) is 11.1. The summed E-state index contributed by atoms with van der Waals surface area (Å²) in [5, 5.41) is 11.7. The molecule has 15 heavy (non-hydrogen) atoms. The van der Waals surface area contributed by atoms with E-state index < -0.39 is 0 Å². The summed E-state index contributed by atoms with van der Waals surface area (Å²) >= 11 is 0. The molecular formula is C11H14N4. The molecular weight excluding hydrogens is 188 g/mol. The summed E-state index contributed by atoms with van der Waals surface area (Å²) in [4.78, 5) is 4.06. The van der Waals surface area contributed by atoms with Gasteiger partial charge in [-0.25, -0.2) is 4.98 Å². The van der Waals surface area contributed by atoms with Gasteiger partial charge in [-0.2, -0.15) is 5.26 Å². The molecule has 1 aromatic heterocycles. The maximum Gasteiger partial charge on any atom is 0.149 e. The molecule has 4 nitrogen and oxygen atoms in total. The van der Waals surface area contributed by atoms with Crippen LogP contribution in [0.2, 0.25) is 0 Å². The first-order valence-corrected chi connectivity index (χ1v) is 4.66. The number of nitrogens with one attached hydrogen (secondary N) is 1. The fraction of sp³-hybridized carbons (Fsp3) is 0.273. The van der Waals surface area contributed by atoms with E-state index in [1.807, 2.05) is 26.0 Å². The van der Waals surface area contributed by atoms with Crippen molar-refractivity contribution in [1.29, 1.82) is 5.26 Å². The summed E-state index contributed by atoms with van der Waals surface area (Å²) in [7, 11) is 0. The predicted octanol–water partition coefficient (Wildman–Crippen LogP) is 1.91. The van der Waals surface area contributed by atoms with Crippen LogP contribution in [0.15, 0.2) is 23.9 Å². The second-order valence-electron chi connectivity index (χ2n) is 3.44. The molecule has 1 heterocycles. The molecule has 0 saturated heterocycles. The van der Waals surface area contributed by atoms with Crippen LogP contribution in [0.4, 0.5) is 11.5 Å². The highest BCUT2D eigenvalue weighted by Gasteiger charge is 2.00. The number of nitriles is 1. The monoisotopic (exact) mass is 202 g/mol. The summed E-state index contributed by atoms with van der Waals surface area (Å²) in [5.74, 6) is 0.617. The van der Waals surface area contributed by atoms with Crippen molar-refractivity contribution in [2.45, 2.75) is 13.8 Å². The summed E-state index contributed by atoms with van der Waals surface area (Å²) < 4.78 is 0. The van der Waals surface area contributed by atoms with Gasteiger partial charge in [-0.15, -0.1) is 0 Å². The minimum Gasteiger partial charge on any atom is -0.396 e. The van der Waals surface area contributed by atoms with Crippen molar-refractivity contribution in [1.82, 2.24) is 4.98 Å². The topological polar surface area (TPSA) is 74.7 Å². The fourth-order valence-electron chi connectivity index (χ4n) is 1.04. The quantitative estimate of drug-likeness (QED) is 0.734. The van der Waals surface area contributed by atoms with Crippen LogP contribution in [0.1, 0.15) is 19.4 Å². The van der Waals surface area contributed by atoms with Crippen molar-refractivity contribution >= 4 is 11.5 Å². The minimum atomic E-state index is 0.472. The van der Waals surface area contributed by atoms with E-state index in [-0.39, 0.29) is 0 Å². The first-order valence-electron chi connectivity index (χ1n) is 4.66. The van der Waals surface area contributed by atoms with E-state index in [0.29, 0.717) is 23.6 Å². The van der Waals surface area contributed by atoms with Gasteiger partial charge in [-0.05, 0) is 19.9 Å². The average Bonchev–Trinajstić information content (AvgIpc) is 2.20. The SMILES string of the molecule is CC(C)=CCNc1ncc(C#N)cc1N. The van der Waals surface area contributed by atoms with E-state index >= 15 is 0 Å². The fourth-order valence-corrected chi connectivity index (χ4v) is 1.04. The van der Waals surface area contributed by atoms with Crippen LogP contribution in [0.3, 0.4) is 0 Å². The van der Waals surface area contributed by atoms with Crippen molar-refractivity contribution in [3.63, 3.8) is 0 Å². The summed E-state index contributed by atoms with van der Waals surface area (Å²) in [6.45, 7) is 4.74. The normalized spacial score (nSPS) is 9.13. The minimum absolute atomic E-state index is 0.472. The maximum atomic E-state index is 8.63. The van der Waals surface area contributed by atoms with Gasteiger partial charge in [0.25, 0.3) is 0 Å². The van der Waals surface area contributed by atoms with Gasteiger partial charge in [0, 0.05) is 12.7 Å². The number of hydrogen-bond acceptors (Lipinski definition) is 4. The van der Waals surface area contributed by atoms with Crippen LogP contribution in [-0.2, 0) is 0 Å². The van der Waals surface area contributed by atoms with Crippen molar-refractivity contribution in [3.8, 4) is 6.07 Å². The van der Waals surface area contributed by atoms with E-state index in [1.165, 1.54) is 11.8 Å². The molecule has 0 aliphatic rings. The van der Waals surface area contributed by atoms with Crippen LogP contribution >= 0.6 is 0 Å². The van der Waals surface area contributed by atoms with Crippen LogP contribution in [0.5, 0.6) is 0 Å². The molecule has 0 amide bonds. The van der Waals surface area contributed by atoms with E-state index in [0.717, 1.165) is 0 Å². The predicted molar refractivity (Wildman–Crippen MR) is 61.3 cm³/mol. The molecule has 0 unspecified atom stereocenters. The highest BCUT2D eigenvalue weighted by Crippen LogP contribution is 2.15. The summed E-state index contributed by atoms with van der Waals surface area (Å²) in [6, 6.07) is 3.60. The molecule has 0 spiro atoms. The molecule has 0 aromatic carbocycles. The lowest BCUT2D eigenvalue weighted by atomic mass is 10.2. The Morgan fingerprint density at radius 3 is 2.93 bits per heavy atom. The van der Waals surface area contributed by atoms with E-state index in [1.54, 1.807) is 6.07 Å². The molecule has 1 rings (SSSR count). The Labute approximate surface area is 89.4 Å². The number of hydrogen-bond donors (Lipinski definition) is 2. The van der Waals surface area contributed by atoms with Crippen LogP contribution in [0, 0.1) is 11.3 Å². The molecule has 0 radical (unpaired) electrons. The lowest BCUT2D eigenvalue weighted by molar-refractivity contribution is 1.20. The van der Waals surface area contributed by atoms with Crippen molar-refractivity contribution in [2.24, 2.45) is 0 Å². The molecule has 0 bridgehead atoms. The Morgan fingerprint density at radius 2 is 2.40 bits per heavy atom. The number of nitrogens with two attached hydrogens (primary N) is 1. The third-order valence-corrected chi connectivity index (χ3v) is 1.83. The van der Waals surface area contributed by atoms with Crippen molar-refractivity contribution in [2.75, 3.05) is 17.6 Å². The van der Waals surface area contributed by atoms with Crippen molar-refractivity contribution in [3.05, 3.63) is 29.5 Å². The highest BCUT2D eigenvalue weighted by molar-refractivity contribution is 5.63. The zero-order valence-corrected chi connectivity index (χ0v) is 8.91. The number of nitrogens with zero attached hydrogens (tertiary/aromatic N) is 2. The molecule has 0 aliphatic heterocycles. The first-order chi connectivity index (χ1) is 7.13. The third kappa shape index (κ3) is 3.31. The van der Waals surface area contributed by atoms with E-state index in [4.69, 9.17) is 11.0 Å². The Morgan fingerprint density at radius 1 is 1.67 bits per heavy atom. The van der Waals surface area contributed by atoms with Gasteiger partial charge in [-0.1, -0.05) is 11.6 Å². The van der Waals surface area contributed by atoms with Gasteiger partial charge in [0.1, 0.15) is 11.9 Å². The maximum absolute atomic E-state index is 8.63. The van der Waals surface area contributed by atoms with Gasteiger partial charge >= 0.3 is 0 Å². The molecule has 1 aromatic rings. The Balaban J connectivity index is 2.71. The van der Waals surface area contributed by atoms with Crippen LogP contribution in [-0.4, -0.2) is 11.5 Å². The summed E-state index contributed by atoms with van der Waals surface area (Å²) in [5.41, 5.74) is 7.92. The van der Waals surface area contributed by atoms with Gasteiger partial charge in [0.05, 0.1) is 11.3 Å². The number of pyridine rings is 1. The van der Waals surface area contributed by atoms with Crippen LogP contribution < -0.4 is 11.1 Å². The molecule has 0 fully saturated rings. The lowest BCUT2D eigenvalue weighted by Crippen LogP contribution is -2.04. The average molecular weight is 202 g/mol. The van der Waals surface area contributed by atoms with Gasteiger partial charge in [0.2, 0.25) is 0 Å². The van der Waals surface area contributed by atoms with E-state index in [9.17, 15) is 0 Å². The molecule has 4 heteroatoms. The van der Waals surface area contributed by atoms with Gasteiger partial charge in [-0.3, -0.25) is 0 Å².